The number of guanidine groups is 1. The minimum Gasteiger partial charge on any atom is -0.497 e. The number of thiophene rings is 1. The smallest absolute Gasteiger partial charge is 0.191 e. The summed E-state index contributed by atoms with van der Waals surface area (Å²) in [7, 11) is 1.69. The van der Waals surface area contributed by atoms with Crippen molar-refractivity contribution in [3.8, 4) is 5.75 Å². The summed E-state index contributed by atoms with van der Waals surface area (Å²) in [5.41, 5.74) is 1.26. The van der Waals surface area contributed by atoms with Gasteiger partial charge in [-0.3, -0.25) is 0 Å². The average molecular weight is 346 g/mol. The first kappa shape index (κ1) is 18.3. The predicted octanol–water partition coefficient (Wildman–Crippen LogP) is 3.79. The van der Waals surface area contributed by atoms with Gasteiger partial charge in [-0.25, -0.2) is 4.99 Å². The third-order valence-corrected chi connectivity index (χ3v) is 4.75. The fraction of sp³-hybridized carbons (Fsp3) is 0.421. The van der Waals surface area contributed by atoms with Crippen molar-refractivity contribution in [3.05, 3.63) is 52.2 Å². The highest BCUT2D eigenvalue weighted by Gasteiger charge is 2.21. The maximum atomic E-state index is 5.24. The molecule has 24 heavy (non-hydrogen) atoms. The van der Waals surface area contributed by atoms with E-state index in [-0.39, 0.29) is 5.41 Å². The molecule has 0 amide bonds. The van der Waals surface area contributed by atoms with Crippen LogP contribution in [0.2, 0.25) is 0 Å². The summed E-state index contributed by atoms with van der Waals surface area (Å²) in [5, 5.41) is 8.85. The zero-order chi connectivity index (χ0) is 17.4. The van der Waals surface area contributed by atoms with Crippen LogP contribution in [0.5, 0.6) is 5.75 Å². The molecule has 0 aliphatic rings. The van der Waals surface area contributed by atoms with Crippen LogP contribution >= 0.6 is 11.3 Å². The molecule has 1 aromatic carbocycles. The lowest BCUT2D eigenvalue weighted by atomic mass is 9.84. The Bertz CT molecular complexity index is 633. The van der Waals surface area contributed by atoms with Crippen molar-refractivity contribution in [2.24, 2.45) is 4.99 Å². The lowest BCUT2D eigenvalue weighted by Crippen LogP contribution is -2.43. The second-order valence-electron chi connectivity index (χ2n) is 6.24. The van der Waals surface area contributed by atoms with Crippen LogP contribution < -0.4 is 15.4 Å². The highest BCUT2D eigenvalue weighted by molar-refractivity contribution is 7.09. The first-order valence-electron chi connectivity index (χ1n) is 8.24. The molecule has 0 radical (unpaired) electrons. The second kappa shape index (κ2) is 8.73. The highest BCUT2D eigenvalue weighted by atomic mass is 32.1. The van der Waals surface area contributed by atoms with Gasteiger partial charge in [0.25, 0.3) is 0 Å². The molecule has 0 fully saturated rings. The lowest BCUT2D eigenvalue weighted by molar-refractivity contribution is 0.414. The van der Waals surface area contributed by atoms with Crippen molar-refractivity contribution in [1.82, 2.24) is 10.6 Å². The Morgan fingerprint density at radius 3 is 2.50 bits per heavy atom. The van der Waals surface area contributed by atoms with Crippen LogP contribution in [0.25, 0.3) is 0 Å². The van der Waals surface area contributed by atoms with E-state index in [9.17, 15) is 0 Å². The molecule has 130 valence electrons. The Kier molecular flexibility index (Phi) is 6.67. The summed E-state index contributed by atoms with van der Waals surface area (Å²) >= 11 is 1.73. The first-order chi connectivity index (χ1) is 11.5. The zero-order valence-electron chi connectivity index (χ0n) is 14.9. The molecular weight excluding hydrogens is 318 g/mol. The molecule has 2 rings (SSSR count). The summed E-state index contributed by atoms with van der Waals surface area (Å²) in [6.07, 6.45) is 0. The Hall–Kier alpha value is -2.01. The fourth-order valence-corrected chi connectivity index (χ4v) is 2.98. The van der Waals surface area contributed by atoms with Gasteiger partial charge in [-0.15, -0.1) is 11.3 Å². The minimum atomic E-state index is -0.00854. The van der Waals surface area contributed by atoms with E-state index in [1.807, 2.05) is 12.1 Å². The van der Waals surface area contributed by atoms with E-state index in [1.54, 1.807) is 18.4 Å². The van der Waals surface area contributed by atoms with Gasteiger partial charge in [0, 0.05) is 23.4 Å². The van der Waals surface area contributed by atoms with Crippen molar-refractivity contribution in [2.75, 3.05) is 20.2 Å². The van der Waals surface area contributed by atoms with Crippen LogP contribution in [-0.4, -0.2) is 26.2 Å². The minimum absolute atomic E-state index is 0.00854. The van der Waals surface area contributed by atoms with Gasteiger partial charge in [-0.2, -0.15) is 0 Å². The van der Waals surface area contributed by atoms with E-state index in [0.717, 1.165) is 24.8 Å². The topological polar surface area (TPSA) is 45.7 Å². The molecule has 0 unspecified atom stereocenters. The molecule has 0 atom stereocenters. The van der Waals surface area contributed by atoms with Crippen molar-refractivity contribution in [1.29, 1.82) is 0 Å². The first-order valence-corrected chi connectivity index (χ1v) is 9.12. The molecule has 4 nitrogen and oxygen atoms in total. The van der Waals surface area contributed by atoms with Gasteiger partial charge < -0.3 is 15.4 Å². The number of methoxy groups -OCH3 is 1. The summed E-state index contributed by atoms with van der Waals surface area (Å²) < 4.78 is 5.24. The van der Waals surface area contributed by atoms with E-state index in [4.69, 9.17) is 4.74 Å². The molecule has 5 heteroatoms. The molecule has 0 aliphatic heterocycles. The molecule has 0 aliphatic carbocycles. The van der Waals surface area contributed by atoms with Crippen LogP contribution in [0, 0.1) is 0 Å². The van der Waals surface area contributed by atoms with Crippen LogP contribution in [-0.2, 0) is 12.0 Å². The number of rotatable bonds is 7. The Morgan fingerprint density at radius 1 is 1.17 bits per heavy atom. The van der Waals surface area contributed by atoms with Crippen molar-refractivity contribution in [2.45, 2.75) is 32.7 Å². The van der Waals surface area contributed by atoms with E-state index < -0.39 is 0 Å². The molecule has 0 saturated carbocycles. The van der Waals surface area contributed by atoms with Gasteiger partial charge >= 0.3 is 0 Å². The van der Waals surface area contributed by atoms with Gasteiger partial charge in [-0.1, -0.05) is 32.0 Å². The highest BCUT2D eigenvalue weighted by Crippen LogP contribution is 2.24. The van der Waals surface area contributed by atoms with Gasteiger partial charge in [0.1, 0.15) is 5.75 Å². The summed E-state index contributed by atoms with van der Waals surface area (Å²) in [6.45, 7) is 8.89. The van der Waals surface area contributed by atoms with E-state index in [2.05, 4.69) is 66.0 Å². The number of benzene rings is 1. The largest absolute Gasteiger partial charge is 0.497 e. The maximum absolute atomic E-state index is 5.24. The molecule has 1 heterocycles. The Morgan fingerprint density at radius 2 is 1.92 bits per heavy atom. The molecule has 2 N–H and O–H groups in total. The van der Waals surface area contributed by atoms with E-state index in [0.29, 0.717) is 6.54 Å². The van der Waals surface area contributed by atoms with E-state index in [1.165, 1.54) is 10.4 Å². The Labute approximate surface area is 149 Å². The van der Waals surface area contributed by atoms with Gasteiger partial charge in [-0.05, 0) is 36.1 Å². The number of aliphatic imine (C=N–C) groups is 1. The second-order valence-corrected chi connectivity index (χ2v) is 7.27. The third-order valence-electron chi connectivity index (χ3n) is 3.89. The van der Waals surface area contributed by atoms with Crippen molar-refractivity contribution >= 4 is 17.3 Å². The van der Waals surface area contributed by atoms with Gasteiger partial charge in [0.05, 0.1) is 13.7 Å². The number of nitrogens with zero attached hydrogens (tertiary/aromatic N) is 1. The summed E-state index contributed by atoms with van der Waals surface area (Å²) in [5.74, 6) is 1.74. The van der Waals surface area contributed by atoms with Crippen molar-refractivity contribution < 1.29 is 4.74 Å². The SMILES string of the molecule is CCNC(=NCc1cccs1)NCC(C)(C)c1ccc(OC)cc1. The van der Waals surface area contributed by atoms with E-state index >= 15 is 0 Å². The van der Waals surface area contributed by atoms with Gasteiger partial charge in [0.2, 0.25) is 0 Å². The molecule has 1 aromatic heterocycles. The average Bonchev–Trinajstić information content (AvgIpc) is 3.11. The Balaban J connectivity index is 1.99. The number of hydrogen-bond donors (Lipinski definition) is 2. The number of ether oxygens (including phenoxy) is 1. The normalized spacial score (nSPS) is 12.1. The summed E-state index contributed by atoms with van der Waals surface area (Å²) in [6, 6.07) is 12.4. The summed E-state index contributed by atoms with van der Waals surface area (Å²) in [4.78, 5) is 5.93. The van der Waals surface area contributed by atoms with Gasteiger partial charge in [0.15, 0.2) is 5.96 Å². The number of nitrogens with one attached hydrogen (secondary N) is 2. The zero-order valence-corrected chi connectivity index (χ0v) is 15.7. The molecule has 2 aromatic rings. The lowest BCUT2D eigenvalue weighted by Gasteiger charge is -2.27. The molecular formula is C19H27N3OS. The van der Waals surface area contributed by atoms with Crippen molar-refractivity contribution in [3.63, 3.8) is 0 Å². The molecule has 0 saturated heterocycles. The van der Waals surface area contributed by atoms with Crippen LogP contribution in [0.1, 0.15) is 31.2 Å². The standard InChI is InChI=1S/C19H27N3OS/c1-5-20-18(21-13-17-7-6-12-24-17)22-14-19(2,3)15-8-10-16(23-4)11-9-15/h6-12H,5,13-14H2,1-4H3,(H2,20,21,22). The monoisotopic (exact) mass is 345 g/mol. The van der Waals surface area contributed by atoms with Crippen LogP contribution in [0.4, 0.5) is 0 Å². The quantitative estimate of drug-likeness (QED) is 0.593. The third kappa shape index (κ3) is 5.27. The maximum Gasteiger partial charge on any atom is 0.191 e. The molecule has 0 bridgehead atoms. The fourth-order valence-electron chi connectivity index (χ4n) is 2.35. The van der Waals surface area contributed by atoms with Crippen LogP contribution in [0.15, 0.2) is 46.8 Å². The number of hydrogen-bond acceptors (Lipinski definition) is 3. The molecule has 0 spiro atoms. The van der Waals surface area contributed by atoms with Crippen LogP contribution in [0.3, 0.4) is 0 Å². The predicted molar refractivity (Wildman–Crippen MR) is 103 cm³/mol.